The number of carbonyl (C=O) groups excluding carboxylic acids is 3. The Morgan fingerprint density at radius 1 is 1.25 bits per heavy atom. The van der Waals surface area contributed by atoms with E-state index in [4.69, 9.17) is 0 Å². The molecule has 90 valence electrons. The Bertz CT molecular complexity index is 302. The molecule has 1 N–H and O–H groups in total. The Labute approximate surface area is 95.2 Å². The van der Waals surface area contributed by atoms with E-state index < -0.39 is 17.8 Å². The molecule has 0 bridgehead atoms. The monoisotopic (exact) mass is 226 g/mol. The number of nitrogens with one attached hydrogen (secondary N) is 1. The van der Waals surface area contributed by atoms with Gasteiger partial charge in [-0.3, -0.25) is 19.8 Å². The molecule has 0 saturated carbocycles. The molecule has 0 aromatic carbocycles. The van der Waals surface area contributed by atoms with E-state index in [1.165, 1.54) is 0 Å². The third kappa shape index (κ3) is 2.81. The van der Waals surface area contributed by atoms with Crippen molar-refractivity contribution in [2.45, 2.75) is 39.5 Å². The van der Waals surface area contributed by atoms with Gasteiger partial charge < -0.3 is 0 Å². The van der Waals surface area contributed by atoms with Gasteiger partial charge in [0, 0.05) is 6.54 Å². The summed E-state index contributed by atoms with van der Waals surface area (Å²) in [4.78, 5) is 34.6. The van der Waals surface area contributed by atoms with Crippen LogP contribution in [-0.2, 0) is 9.59 Å². The van der Waals surface area contributed by atoms with Crippen molar-refractivity contribution < 1.29 is 14.4 Å². The molecule has 4 amide bonds. The second-order valence-electron chi connectivity index (χ2n) is 4.09. The molecule has 1 fully saturated rings. The molecule has 0 aromatic rings. The van der Waals surface area contributed by atoms with Gasteiger partial charge in [-0.1, -0.05) is 33.1 Å². The minimum Gasteiger partial charge on any atom is -0.269 e. The van der Waals surface area contributed by atoms with Gasteiger partial charge in [-0.25, -0.2) is 4.79 Å². The lowest BCUT2D eigenvalue weighted by molar-refractivity contribution is -0.140. The van der Waals surface area contributed by atoms with E-state index in [1.54, 1.807) is 0 Å². The van der Waals surface area contributed by atoms with E-state index in [2.05, 4.69) is 6.92 Å². The Kier molecular flexibility index (Phi) is 4.46. The van der Waals surface area contributed by atoms with Gasteiger partial charge in [0.1, 0.15) is 0 Å². The van der Waals surface area contributed by atoms with Crippen molar-refractivity contribution in [3.63, 3.8) is 0 Å². The molecule has 1 saturated heterocycles. The first-order valence-electron chi connectivity index (χ1n) is 5.76. The van der Waals surface area contributed by atoms with Crippen LogP contribution >= 0.6 is 0 Å². The number of hydrogen-bond acceptors (Lipinski definition) is 3. The Balaban J connectivity index is 2.54. The molecule has 1 heterocycles. The highest BCUT2D eigenvalue weighted by atomic mass is 16.2. The van der Waals surface area contributed by atoms with Gasteiger partial charge >= 0.3 is 17.8 Å². The number of amides is 4. The van der Waals surface area contributed by atoms with Gasteiger partial charge in [-0.05, 0) is 12.3 Å². The molecule has 0 spiro atoms. The highest BCUT2D eigenvalue weighted by molar-refractivity contribution is 6.44. The predicted octanol–water partition coefficient (Wildman–Crippen LogP) is 1.28. The number of urea groups is 1. The van der Waals surface area contributed by atoms with Crippen LogP contribution < -0.4 is 5.32 Å². The van der Waals surface area contributed by atoms with E-state index >= 15 is 0 Å². The molecule has 1 aliphatic heterocycles. The largest absolute Gasteiger partial charge is 0.331 e. The highest BCUT2D eigenvalue weighted by Gasteiger charge is 2.37. The molecule has 0 radical (unpaired) electrons. The second kappa shape index (κ2) is 5.63. The fourth-order valence-corrected chi connectivity index (χ4v) is 1.77. The maximum absolute atomic E-state index is 11.3. The average Bonchev–Trinajstić information content (AvgIpc) is 2.50. The molecule has 0 aliphatic carbocycles. The van der Waals surface area contributed by atoms with Crippen LogP contribution in [0.2, 0.25) is 0 Å². The molecule has 16 heavy (non-hydrogen) atoms. The number of carbonyl (C=O) groups is 3. The summed E-state index contributed by atoms with van der Waals surface area (Å²) in [5.74, 6) is -1.24. The minimum atomic E-state index is -0.810. The van der Waals surface area contributed by atoms with Crippen LogP contribution in [0.1, 0.15) is 39.5 Å². The third-order valence-electron chi connectivity index (χ3n) is 2.89. The van der Waals surface area contributed by atoms with Gasteiger partial charge in [-0.2, -0.15) is 0 Å². The van der Waals surface area contributed by atoms with Gasteiger partial charge in [0.25, 0.3) is 0 Å². The molecule has 5 heteroatoms. The molecule has 1 atom stereocenters. The fourth-order valence-electron chi connectivity index (χ4n) is 1.77. The molecular formula is C11H18N2O3. The summed E-state index contributed by atoms with van der Waals surface area (Å²) < 4.78 is 0. The smallest absolute Gasteiger partial charge is 0.269 e. The van der Waals surface area contributed by atoms with E-state index in [-0.39, 0.29) is 0 Å². The molecule has 1 unspecified atom stereocenters. The SMILES string of the molecule is CCCCC(CC)CN1C(=O)NC(=O)C1=O. The van der Waals surface area contributed by atoms with Gasteiger partial charge in [0.2, 0.25) is 0 Å². The number of unbranched alkanes of at least 4 members (excludes halogenated alkanes) is 1. The van der Waals surface area contributed by atoms with Crippen molar-refractivity contribution in [1.29, 1.82) is 0 Å². The summed E-state index contributed by atoms with van der Waals surface area (Å²) in [6.07, 6.45) is 4.06. The van der Waals surface area contributed by atoms with Crippen molar-refractivity contribution >= 4 is 17.8 Å². The summed E-state index contributed by atoms with van der Waals surface area (Å²) in [6.45, 7) is 4.48. The van der Waals surface area contributed by atoms with E-state index in [0.29, 0.717) is 12.5 Å². The summed E-state index contributed by atoms with van der Waals surface area (Å²) >= 11 is 0. The van der Waals surface area contributed by atoms with E-state index in [0.717, 1.165) is 30.6 Å². The molecule has 5 nitrogen and oxygen atoms in total. The third-order valence-corrected chi connectivity index (χ3v) is 2.89. The van der Waals surface area contributed by atoms with Crippen molar-refractivity contribution in [3.8, 4) is 0 Å². The molecule has 1 rings (SSSR count). The second-order valence-corrected chi connectivity index (χ2v) is 4.09. The lowest BCUT2D eigenvalue weighted by Gasteiger charge is -2.19. The Hall–Kier alpha value is -1.39. The first-order valence-corrected chi connectivity index (χ1v) is 5.76. The lowest BCUT2D eigenvalue weighted by Crippen LogP contribution is -2.35. The van der Waals surface area contributed by atoms with Crippen LogP contribution in [0.4, 0.5) is 4.79 Å². The van der Waals surface area contributed by atoms with Crippen LogP contribution in [0.15, 0.2) is 0 Å². The minimum absolute atomic E-state index is 0.292. The van der Waals surface area contributed by atoms with E-state index in [1.807, 2.05) is 12.2 Å². The number of nitrogens with zero attached hydrogens (tertiary/aromatic N) is 1. The van der Waals surface area contributed by atoms with Crippen LogP contribution in [0.3, 0.4) is 0 Å². The summed E-state index contributed by atoms with van der Waals surface area (Å²) in [7, 11) is 0. The normalized spacial score (nSPS) is 17.9. The summed E-state index contributed by atoms with van der Waals surface area (Å²) in [5, 5.41) is 2.00. The van der Waals surface area contributed by atoms with Crippen molar-refractivity contribution in [3.05, 3.63) is 0 Å². The average molecular weight is 226 g/mol. The highest BCUT2D eigenvalue weighted by Crippen LogP contribution is 2.15. The van der Waals surface area contributed by atoms with Gasteiger partial charge in [-0.15, -0.1) is 0 Å². The first kappa shape index (κ1) is 12.7. The zero-order chi connectivity index (χ0) is 12.1. The predicted molar refractivity (Wildman–Crippen MR) is 58.6 cm³/mol. The Morgan fingerprint density at radius 3 is 2.38 bits per heavy atom. The first-order chi connectivity index (χ1) is 7.60. The topological polar surface area (TPSA) is 66.5 Å². The maximum atomic E-state index is 11.3. The van der Waals surface area contributed by atoms with Crippen LogP contribution in [0, 0.1) is 5.92 Å². The van der Waals surface area contributed by atoms with Crippen LogP contribution in [0.5, 0.6) is 0 Å². The zero-order valence-electron chi connectivity index (χ0n) is 9.78. The lowest BCUT2D eigenvalue weighted by atomic mass is 9.99. The molecule has 0 aromatic heterocycles. The number of hydrogen-bond donors (Lipinski definition) is 1. The molecule has 1 aliphatic rings. The fraction of sp³-hybridized carbons (Fsp3) is 0.727. The zero-order valence-corrected chi connectivity index (χ0v) is 9.78. The van der Waals surface area contributed by atoms with Crippen molar-refractivity contribution in [2.24, 2.45) is 5.92 Å². The Morgan fingerprint density at radius 2 is 1.94 bits per heavy atom. The van der Waals surface area contributed by atoms with Gasteiger partial charge in [0.15, 0.2) is 0 Å². The van der Waals surface area contributed by atoms with Crippen molar-refractivity contribution in [1.82, 2.24) is 10.2 Å². The van der Waals surface area contributed by atoms with Crippen LogP contribution in [0.25, 0.3) is 0 Å². The van der Waals surface area contributed by atoms with Gasteiger partial charge in [0.05, 0.1) is 0 Å². The summed E-state index contributed by atoms with van der Waals surface area (Å²) in [6, 6.07) is -0.579. The number of imide groups is 2. The number of rotatable bonds is 6. The maximum Gasteiger partial charge on any atom is 0.331 e. The van der Waals surface area contributed by atoms with E-state index in [9.17, 15) is 14.4 Å². The standard InChI is InChI=1S/C11H18N2O3/c1-3-5-6-8(4-2)7-13-10(15)9(14)12-11(13)16/h8H,3-7H2,1-2H3,(H,12,14,16). The molecular weight excluding hydrogens is 208 g/mol. The summed E-state index contributed by atoms with van der Waals surface area (Å²) in [5.41, 5.74) is 0. The quantitative estimate of drug-likeness (QED) is 0.548. The van der Waals surface area contributed by atoms with Crippen molar-refractivity contribution in [2.75, 3.05) is 6.54 Å². The van der Waals surface area contributed by atoms with Crippen LogP contribution in [-0.4, -0.2) is 29.3 Å².